The van der Waals surface area contributed by atoms with Crippen LogP contribution in [-0.4, -0.2) is 22.8 Å². The van der Waals surface area contributed by atoms with Crippen molar-refractivity contribution in [3.8, 4) is 11.1 Å². The summed E-state index contributed by atoms with van der Waals surface area (Å²) in [6.07, 6.45) is 5.56. The summed E-state index contributed by atoms with van der Waals surface area (Å²) in [5.41, 5.74) is 5.10. The van der Waals surface area contributed by atoms with E-state index in [2.05, 4.69) is 46.7 Å². The predicted octanol–water partition coefficient (Wildman–Crippen LogP) is 2.68. The number of hydrogen-bond acceptors (Lipinski definition) is 2. The molecule has 3 nitrogen and oxygen atoms in total. The average Bonchev–Trinajstić information content (AvgIpc) is 3.02. The van der Waals surface area contributed by atoms with Crippen molar-refractivity contribution in [3.63, 3.8) is 0 Å². The second-order valence-electron chi connectivity index (χ2n) is 5.07. The van der Waals surface area contributed by atoms with Gasteiger partial charge in [0.2, 0.25) is 0 Å². The Kier molecular flexibility index (Phi) is 3.15. The number of aromatic amines is 1. The summed E-state index contributed by atoms with van der Waals surface area (Å²) >= 11 is 0. The third kappa shape index (κ3) is 2.18. The first-order chi connectivity index (χ1) is 8.84. The number of aromatic nitrogens is 2. The third-order valence-electron chi connectivity index (χ3n) is 3.77. The van der Waals surface area contributed by atoms with Crippen LogP contribution in [0, 0.1) is 6.92 Å². The first kappa shape index (κ1) is 11.5. The fourth-order valence-corrected chi connectivity index (χ4v) is 2.75. The number of nitrogens with zero attached hydrogens (tertiary/aromatic N) is 1. The van der Waals surface area contributed by atoms with Crippen LogP contribution in [0.4, 0.5) is 0 Å². The molecular weight excluding hydrogens is 222 g/mol. The van der Waals surface area contributed by atoms with Gasteiger partial charge in [-0.05, 0) is 37.4 Å². The number of hydrogen-bond donors (Lipinski definition) is 2. The minimum atomic E-state index is 0.605. The van der Waals surface area contributed by atoms with Gasteiger partial charge >= 0.3 is 0 Å². The van der Waals surface area contributed by atoms with E-state index in [1.54, 1.807) is 0 Å². The second-order valence-corrected chi connectivity index (χ2v) is 5.07. The lowest BCUT2D eigenvalue weighted by atomic mass is 9.98. The Labute approximate surface area is 108 Å². The SMILES string of the molecule is Cc1ccccc1-c1cn[nH]c1CC1CCCN1. The van der Waals surface area contributed by atoms with Gasteiger partial charge in [-0.3, -0.25) is 5.10 Å². The number of benzene rings is 1. The summed E-state index contributed by atoms with van der Waals surface area (Å²) in [5.74, 6) is 0. The zero-order chi connectivity index (χ0) is 12.4. The van der Waals surface area contributed by atoms with Crippen LogP contribution in [0.25, 0.3) is 11.1 Å². The molecular formula is C15H19N3. The highest BCUT2D eigenvalue weighted by atomic mass is 15.1. The summed E-state index contributed by atoms with van der Waals surface area (Å²) in [7, 11) is 0. The average molecular weight is 241 g/mol. The second kappa shape index (κ2) is 4.94. The van der Waals surface area contributed by atoms with Gasteiger partial charge < -0.3 is 5.32 Å². The smallest absolute Gasteiger partial charge is 0.0568 e. The van der Waals surface area contributed by atoms with E-state index in [-0.39, 0.29) is 0 Å². The largest absolute Gasteiger partial charge is 0.314 e. The van der Waals surface area contributed by atoms with Crippen LogP contribution in [0.3, 0.4) is 0 Å². The normalized spacial score (nSPS) is 19.3. The van der Waals surface area contributed by atoms with Crippen molar-refractivity contribution in [2.45, 2.75) is 32.2 Å². The van der Waals surface area contributed by atoms with Gasteiger partial charge in [-0.25, -0.2) is 0 Å². The number of aryl methyl sites for hydroxylation is 1. The van der Waals surface area contributed by atoms with Crippen LogP contribution >= 0.6 is 0 Å². The van der Waals surface area contributed by atoms with Gasteiger partial charge in [0, 0.05) is 23.7 Å². The maximum Gasteiger partial charge on any atom is 0.0568 e. The molecule has 18 heavy (non-hydrogen) atoms. The number of nitrogens with one attached hydrogen (secondary N) is 2. The van der Waals surface area contributed by atoms with Crippen LogP contribution in [0.1, 0.15) is 24.1 Å². The Morgan fingerprint density at radius 3 is 2.94 bits per heavy atom. The lowest BCUT2D eigenvalue weighted by Gasteiger charge is -2.11. The van der Waals surface area contributed by atoms with E-state index in [1.807, 2.05) is 6.20 Å². The molecule has 1 aromatic heterocycles. The fourth-order valence-electron chi connectivity index (χ4n) is 2.75. The van der Waals surface area contributed by atoms with Crippen LogP contribution in [0.2, 0.25) is 0 Å². The van der Waals surface area contributed by atoms with Crippen molar-refractivity contribution in [3.05, 3.63) is 41.7 Å². The first-order valence-electron chi connectivity index (χ1n) is 6.66. The summed E-state index contributed by atoms with van der Waals surface area (Å²) in [5, 5.41) is 10.9. The number of rotatable bonds is 3. The van der Waals surface area contributed by atoms with Crippen molar-refractivity contribution in [1.29, 1.82) is 0 Å². The fraction of sp³-hybridized carbons (Fsp3) is 0.400. The van der Waals surface area contributed by atoms with E-state index in [9.17, 15) is 0 Å². The number of H-pyrrole nitrogens is 1. The molecule has 0 spiro atoms. The lowest BCUT2D eigenvalue weighted by molar-refractivity contribution is 0.595. The molecule has 1 aliphatic heterocycles. The zero-order valence-corrected chi connectivity index (χ0v) is 10.7. The predicted molar refractivity (Wildman–Crippen MR) is 73.5 cm³/mol. The Bertz CT molecular complexity index is 524. The molecule has 0 saturated carbocycles. The molecule has 2 N–H and O–H groups in total. The van der Waals surface area contributed by atoms with Crippen molar-refractivity contribution in [2.75, 3.05) is 6.54 Å². The highest BCUT2D eigenvalue weighted by molar-refractivity contribution is 5.68. The van der Waals surface area contributed by atoms with E-state index in [4.69, 9.17) is 0 Å². The van der Waals surface area contributed by atoms with E-state index >= 15 is 0 Å². The molecule has 1 aliphatic rings. The molecule has 0 aliphatic carbocycles. The zero-order valence-electron chi connectivity index (χ0n) is 10.7. The maximum atomic E-state index is 4.23. The maximum absolute atomic E-state index is 4.23. The Balaban J connectivity index is 1.89. The molecule has 94 valence electrons. The molecule has 1 atom stereocenters. The monoisotopic (exact) mass is 241 g/mol. The molecule has 1 saturated heterocycles. The topological polar surface area (TPSA) is 40.7 Å². The van der Waals surface area contributed by atoms with Gasteiger partial charge in [0.25, 0.3) is 0 Å². The van der Waals surface area contributed by atoms with E-state index in [1.165, 1.54) is 35.2 Å². The van der Waals surface area contributed by atoms with Crippen LogP contribution in [-0.2, 0) is 6.42 Å². The third-order valence-corrected chi connectivity index (χ3v) is 3.77. The molecule has 1 unspecified atom stereocenters. The summed E-state index contributed by atoms with van der Waals surface area (Å²) in [6.45, 7) is 3.30. The molecule has 0 amide bonds. The van der Waals surface area contributed by atoms with E-state index in [0.29, 0.717) is 6.04 Å². The molecule has 3 heteroatoms. The van der Waals surface area contributed by atoms with Crippen molar-refractivity contribution in [1.82, 2.24) is 15.5 Å². The quantitative estimate of drug-likeness (QED) is 0.867. The highest BCUT2D eigenvalue weighted by Crippen LogP contribution is 2.26. The van der Waals surface area contributed by atoms with Crippen LogP contribution in [0.15, 0.2) is 30.5 Å². The molecule has 3 rings (SSSR count). The van der Waals surface area contributed by atoms with Crippen LogP contribution < -0.4 is 5.32 Å². The van der Waals surface area contributed by atoms with Gasteiger partial charge in [0.05, 0.1) is 6.20 Å². The molecule has 2 heterocycles. The van der Waals surface area contributed by atoms with Gasteiger partial charge in [0.15, 0.2) is 0 Å². The molecule has 0 radical (unpaired) electrons. The molecule has 2 aromatic rings. The van der Waals surface area contributed by atoms with Gasteiger partial charge in [0.1, 0.15) is 0 Å². The highest BCUT2D eigenvalue weighted by Gasteiger charge is 2.18. The first-order valence-corrected chi connectivity index (χ1v) is 6.66. The molecule has 1 fully saturated rings. The summed E-state index contributed by atoms with van der Waals surface area (Å²) in [4.78, 5) is 0. The summed E-state index contributed by atoms with van der Waals surface area (Å²) in [6, 6.07) is 9.10. The van der Waals surface area contributed by atoms with E-state index in [0.717, 1.165) is 13.0 Å². The van der Waals surface area contributed by atoms with E-state index < -0.39 is 0 Å². The van der Waals surface area contributed by atoms with Gasteiger partial charge in [-0.2, -0.15) is 5.10 Å². The lowest BCUT2D eigenvalue weighted by Crippen LogP contribution is -2.24. The van der Waals surface area contributed by atoms with Gasteiger partial charge in [-0.15, -0.1) is 0 Å². The Morgan fingerprint density at radius 1 is 1.28 bits per heavy atom. The van der Waals surface area contributed by atoms with Gasteiger partial charge in [-0.1, -0.05) is 24.3 Å². The molecule has 0 bridgehead atoms. The van der Waals surface area contributed by atoms with Crippen molar-refractivity contribution < 1.29 is 0 Å². The molecule has 1 aromatic carbocycles. The standard InChI is InChI=1S/C15H19N3/c1-11-5-2-3-7-13(11)14-10-17-18-15(14)9-12-6-4-8-16-12/h2-3,5,7,10,12,16H,4,6,8-9H2,1H3,(H,17,18). The van der Waals surface area contributed by atoms with Crippen molar-refractivity contribution in [2.24, 2.45) is 0 Å². The minimum Gasteiger partial charge on any atom is -0.314 e. The Hall–Kier alpha value is -1.61. The van der Waals surface area contributed by atoms with Crippen molar-refractivity contribution >= 4 is 0 Å². The van der Waals surface area contributed by atoms with Crippen LogP contribution in [0.5, 0.6) is 0 Å². The summed E-state index contributed by atoms with van der Waals surface area (Å²) < 4.78 is 0. The Morgan fingerprint density at radius 2 is 2.17 bits per heavy atom. The minimum absolute atomic E-state index is 0.605.